The van der Waals surface area contributed by atoms with Gasteiger partial charge in [-0.05, 0) is 37.8 Å². The van der Waals surface area contributed by atoms with Crippen LogP contribution in [0.5, 0.6) is 0 Å². The van der Waals surface area contributed by atoms with Gasteiger partial charge in [-0.25, -0.2) is 0 Å². The predicted octanol–water partition coefficient (Wildman–Crippen LogP) is 4.10. The summed E-state index contributed by atoms with van der Waals surface area (Å²) in [5.74, 6) is 1.46. The van der Waals surface area contributed by atoms with Crippen LogP contribution in [0.4, 0.5) is 0 Å². The molecule has 2 heterocycles. The Bertz CT molecular complexity index is 691. The van der Waals surface area contributed by atoms with Crippen molar-refractivity contribution in [2.75, 3.05) is 0 Å². The van der Waals surface area contributed by atoms with E-state index in [1.54, 1.807) is 6.20 Å². The van der Waals surface area contributed by atoms with Crippen LogP contribution in [0.1, 0.15) is 45.6 Å². The fourth-order valence-electron chi connectivity index (χ4n) is 3.21. The fraction of sp³-hybridized carbons (Fsp3) is 0.529. The highest BCUT2D eigenvalue weighted by atomic mass is 32.2. The van der Waals surface area contributed by atoms with Gasteiger partial charge in [-0.1, -0.05) is 31.5 Å². The van der Waals surface area contributed by atoms with E-state index in [-0.39, 0.29) is 5.25 Å². The molecule has 6 heteroatoms. The Kier molecular flexibility index (Phi) is 4.97. The molecule has 3 atom stereocenters. The Morgan fingerprint density at radius 2 is 2.17 bits per heavy atom. The molecule has 0 unspecified atom stereocenters. The largest absolute Gasteiger partial charge is 0.299 e. The van der Waals surface area contributed by atoms with E-state index in [0.29, 0.717) is 12.0 Å². The van der Waals surface area contributed by atoms with Gasteiger partial charge in [-0.2, -0.15) is 5.26 Å². The molecular formula is C17H21N5S. The van der Waals surface area contributed by atoms with Crippen molar-refractivity contribution < 1.29 is 0 Å². The molecule has 0 radical (unpaired) electrons. The number of hydrogen-bond donors (Lipinski definition) is 0. The van der Waals surface area contributed by atoms with Crippen LogP contribution in [0.15, 0.2) is 29.7 Å². The third-order valence-electron chi connectivity index (χ3n) is 4.45. The van der Waals surface area contributed by atoms with E-state index in [0.717, 1.165) is 23.0 Å². The molecule has 120 valence electrons. The maximum Gasteiger partial charge on any atom is 0.193 e. The lowest BCUT2D eigenvalue weighted by Gasteiger charge is -2.31. The van der Waals surface area contributed by atoms with Gasteiger partial charge >= 0.3 is 0 Å². The first-order chi connectivity index (χ1) is 11.2. The minimum atomic E-state index is -0.140. The van der Waals surface area contributed by atoms with Gasteiger partial charge in [-0.15, -0.1) is 10.2 Å². The van der Waals surface area contributed by atoms with Gasteiger partial charge in [0.25, 0.3) is 0 Å². The molecule has 0 bridgehead atoms. The zero-order chi connectivity index (χ0) is 16.2. The molecule has 0 saturated heterocycles. The summed E-state index contributed by atoms with van der Waals surface area (Å²) in [6.07, 6.45) is 8.49. The highest BCUT2D eigenvalue weighted by Crippen LogP contribution is 2.39. The molecule has 2 aromatic heterocycles. The van der Waals surface area contributed by atoms with Crippen LogP contribution in [-0.2, 0) is 0 Å². The molecule has 1 aliphatic carbocycles. The summed E-state index contributed by atoms with van der Waals surface area (Å²) in [5.41, 5.74) is 0.981. The maximum absolute atomic E-state index is 9.13. The number of rotatable bonds is 4. The zero-order valence-corrected chi connectivity index (χ0v) is 14.3. The van der Waals surface area contributed by atoms with Crippen molar-refractivity contribution in [2.24, 2.45) is 5.92 Å². The average molecular weight is 327 g/mol. The van der Waals surface area contributed by atoms with Crippen molar-refractivity contribution in [3.05, 3.63) is 24.5 Å². The normalized spacial score (nSPS) is 22.5. The average Bonchev–Trinajstić information content (AvgIpc) is 2.99. The summed E-state index contributed by atoms with van der Waals surface area (Å²) >= 11 is 1.49. The van der Waals surface area contributed by atoms with Gasteiger partial charge in [0.05, 0.1) is 11.3 Å². The minimum absolute atomic E-state index is 0.140. The lowest BCUT2D eigenvalue weighted by molar-refractivity contribution is 0.247. The Balaban J connectivity index is 2.04. The summed E-state index contributed by atoms with van der Waals surface area (Å²) < 4.78 is 2.25. The number of nitriles is 1. The first-order valence-corrected chi connectivity index (χ1v) is 9.00. The Labute approximate surface area is 141 Å². The number of nitrogens with zero attached hydrogens (tertiary/aromatic N) is 5. The molecule has 2 aromatic rings. The predicted molar refractivity (Wildman–Crippen MR) is 90.9 cm³/mol. The quantitative estimate of drug-likeness (QED) is 0.791. The van der Waals surface area contributed by atoms with Crippen molar-refractivity contribution >= 4 is 11.8 Å². The molecule has 23 heavy (non-hydrogen) atoms. The second-order valence-electron chi connectivity index (χ2n) is 6.14. The van der Waals surface area contributed by atoms with Crippen molar-refractivity contribution in [1.29, 1.82) is 5.26 Å². The van der Waals surface area contributed by atoms with Crippen LogP contribution in [0.2, 0.25) is 0 Å². The number of pyridine rings is 1. The topological polar surface area (TPSA) is 67.4 Å². The number of aromatic nitrogens is 4. The summed E-state index contributed by atoms with van der Waals surface area (Å²) in [7, 11) is 0. The van der Waals surface area contributed by atoms with E-state index in [2.05, 4.69) is 32.7 Å². The summed E-state index contributed by atoms with van der Waals surface area (Å²) in [4.78, 5) is 4.21. The van der Waals surface area contributed by atoms with Crippen molar-refractivity contribution in [3.8, 4) is 17.5 Å². The number of hydrogen-bond acceptors (Lipinski definition) is 5. The smallest absolute Gasteiger partial charge is 0.193 e. The van der Waals surface area contributed by atoms with Gasteiger partial charge in [-0.3, -0.25) is 9.55 Å². The van der Waals surface area contributed by atoms with Crippen LogP contribution in [0.25, 0.3) is 11.4 Å². The van der Waals surface area contributed by atoms with Crippen LogP contribution in [0.3, 0.4) is 0 Å². The lowest BCUT2D eigenvalue weighted by atomic mass is 9.85. The van der Waals surface area contributed by atoms with E-state index in [1.165, 1.54) is 31.0 Å². The second kappa shape index (κ2) is 7.14. The lowest BCUT2D eigenvalue weighted by Crippen LogP contribution is -2.22. The van der Waals surface area contributed by atoms with Gasteiger partial charge in [0.15, 0.2) is 11.0 Å². The molecule has 0 N–H and O–H groups in total. The van der Waals surface area contributed by atoms with Gasteiger partial charge in [0.2, 0.25) is 0 Å². The van der Waals surface area contributed by atoms with Crippen LogP contribution in [-0.4, -0.2) is 25.0 Å². The molecule has 1 fully saturated rings. The minimum Gasteiger partial charge on any atom is -0.299 e. The third kappa shape index (κ3) is 3.40. The fourth-order valence-corrected chi connectivity index (χ4v) is 4.01. The first-order valence-electron chi connectivity index (χ1n) is 8.12. The molecule has 5 nitrogen and oxygen atoms in total. The zero-order valence-electron chi connectivity index (χ0n) is 13.5. The summed E-state index contributed by atoms with van der Waals surface area (Å²) in [6.45, 7) is 4.21. The Hall–Kier alpha value is -1.87. The van der Waals surface area contributed by atoms with Crippen LogP contribution >= 0.6 is 11.8 Å². The van der Waals surface area contributed by atoms with E-state index in [4.69, 9.17) is 5.26 Å². The van der Waals surface area contributed by atoms with E-state index < -0.39 is 0 Å². The Morgan fingerprint density at radius 1 is 1.35 bits per heavy atom. The van der Waals surface area contributed by atoms with E-state index in [1.807, 2.05) is 25.3 Å². The van der Waals surface area contributed by atoms with E-state index in [9.17, 15) is 0 Å². The molecule has 3 rings (SSSR count). The molecular weight excluding hydrogens is 306 g/mol. The first kappa shape index (κ1) is 16.0. The molecule has 0 aromatic carbocycles. The van der Waals surface area contributed by atoms with Crippen LogP contribution < -0.4 is 0 Å². The van der Waals surface area contributed by atoms with Crippen molar-refractivity contribution in [3.63, 3.8) is 0 Å². The molecule has 1 saturated carbocycles. The monoisotopic (exact) mass is 327 g/mol. The molecule has 0 aliphatic heterocycles. The highest BCUT2D eigenvalue weighted by Gasteiger charge is 2.29. The molecule has 0 spiro atoms. The Morgan fingerprint density at radius 3 is 2.87 bits per heavy atom. The summed E-state index contributed by atoms with van der Waals surface area (Å²) in [6, 6.07) is 6.60. The van der Waals surface area contributed by atoms with Crippen LogP contribution in [0, 0.1) is 17.2 Å². The summed E-state index contributed by atoms with van der Waals surface area (Å²) in [5, 5.41) is 18.7. The highest BCUT2D eigenvalue weighted by molar-refractivity contribution is 8.00. The van der Waals surface area contributed by atoms with Gasteiger partial charge in [0.1, 0.15) is 0 Å². The van der Waals surface area contributed by atoms with E-state index >= 15 is 0 Å². The van der Waals surface area contributed by atoms with Gasteiger partial charge < -0.3 is 0 Å². The SMILES string of the molecule is C[C@@H]1CCCC[C@@H]1n1c(S[C@@H](C)C#N)nnc1-c1cccnc1. The van der Waals surface area contributed by atoms with Gasteiger partial charge in [0, 0.05) is 24.0 Å². The number of thioether (sulfide) groups is 1. The van der Waals surface area contributed by atoms with Crippen molar-refractivity contribution in [1.82, 2.24) is 19.7 Å². The van der Waals surface area contributed by atoms with Crippen molar-refractivity contribution in [2.45, 2.75) is 56.0 Å². The third-order valence-corrected chi connectivity index (χ3v) is 5.39. The maximum atomic E-state index is 9.13. The standard InChI is InChI=1S/C17H21N5S/c1-12-6-3-4-8-15(12)22-16(14-7-5-9-19-11-14)20-21-17(22)23-13(2)10-18/h5,7,9,11-13,15H,3-4,6,8H2,1-2H3/t12-,13+,15+/m1/s1. The second-order valence-corrected chi connectivity index (χ2v) is 7.44. The molecule has 1 aliphatic rings. The molecule has 0 amide bonds.